The number of aryl methyl sites for hydroxylation is 12. The van der Waals surface area contributed by atoms with E-state index in [9.17, 15) is 0 Å². The molecule has 0 N–H and O–H groups in total. The van der Waals surface area contributed by atoms with Gasteiger partial charge in [0.2, 0.25) is 0 Å². The summed E-state index contributed by atoms with van der Waals surface area (Å²) in [7, 11) is 0. The van der Waals surface area contributed by atoms with Crippen molar-refractivity contribution in [3.8, 4) is 33.5 Å². The van der Waals surface area contributed by atoms with E-state index in [-0.39, 0.29) is 0 Å². The largest absolute Gasteiger partial charge is 0.247 e. The first-order valence-corrected chi connectivity index (χ1v) is 25.9. The Hall–Kier alpha value is -5.53. The van der Waals surface area contributed by atoms with Gasteiger partial charge in [-0.3, -0.25) is 0 Å². The number of aromatic nitrogens is 1. The second-order valence-corrected chi connectivity index (χ2v) is 22.6. The predicted molar refractivity (Wildman–Crippen MR) is 287 cm³/mol. The summed E-state index contributed by atoms with van der Waals surface area (Å²) in [5.41, 5.74) is 38.4. The summed E-state index contributed by atoms with van der Waals surface area (Å²) in [5, 5.41) is 4.21. The lowest BCUT2D eigenvalue weighted by Crippen LogP contribution is -2.27. The molecule has 7 aromatic rings. The summed E-state index contributed by atoms with van der Waals surface area (Å²) >= 11 is 0. The van der Waals surface area contributed by atoms with Crippen LogP contribution in [0.1, 0.15) is 158 Å². The second-order valence-electron chi connectivity index (χ2n) is 22.6. The fourth-order valence-electron chi connectivity index (χ4n) is 15.7. The molecule has 0 aliphatic heterocycles. The van der Waals surface area contributed by atoms with E-state index in [0.717, 1.165) is 6.42 Å². The van der Waals surface area contributed by atoms with Crippen LogP contribution in [0.15, 0.2) is 72.3 Å². The molecule has 0 amide bonds. The fraction of sp³-hybridized carbons (Fsp3) is 0.379. The average Bonchev–Trinajstić information content (AvgIpc) is 3.44. The number of nitrogens with zero attached hydrogens (tertiary/aromatic N) is 1. The van der Waals surface area contributed by atoms with Gasteiger partial charge in [0, 0.05) is 16.5 Å². The Kier molecular flexibility index (Phi) is 9.90. The molecule has 7 aliphatic carbocycles. The fourth-order valence-corrected chi connectivity index (χ4v) is 15.7. The van der Waals surface area contributed by atoms with Gasteiger partial charge in [0.1, 0.15) is 0 Å². The molecule has 0 spiro atoms. The quantitative estimate of drug-likeness (QED) is 0.161. The molecule has 2 saturated carbocycles. The third-order valence-electron chi connectivity index (χ3n) is 17.8. The van der Waals surface area contributed by atoms with Crippen LogP contribution in [0.3, 0.4) is 0 Å². The van der Waals surface area contributed by atoms with Crippen LogP contribution in [-0.2, 0) is 6.42 Å². The lowest BCUT2D eigenvalue weighted by atomic mass is 9.62. The number of rotatable bonds is 4. The number of benzene rings is 6. The van der Waals surface area contributed by atoms with Crippen LogP contribution in [0.4, 0.5) is 0 Å². The number of allylic oxidation sites excluding steroid dienone is 4. The van der Waals surface area contributed by atoms with Crippen LogP contribution < -0.4 is 0 Å². The molecular weight excluding hydrogens is 807 g/mol. The van der Waals surface area contributed by atoms with Gasteiger partial charge in [-0.1, -0.05) is 76.9 Å². The molecular formula is C66H69N. The summed E-state index contributed by atoms with van der Waals surface area (Å²) in [6.45, 7) is 28.0. The van der Waals surface area contributed by atoms with Gasteiger partial charge in [-0.25, -0.2) is 4.98 Å². The van der Waals surface area contributed by atoms with Gasteiger partial charge in [-0.15, -0.1) is 0 Å². The van der Waals surface area contributed by atoms with Crippen molar-refractivity contribution in [1.82, 2.24) is 4.98 Å². The molecule has 2 fully saturated rings. The Morgan fingerprint density at radius 1 is 0.358 bits per heavy atom. The standard InChI is InChI=1S/C66H69N/c1-33-23-37(5)55(38(6)24-33)50-22-21-49-51(60-46-15-13-45(14-16-46)59(50)60)31-53-52(63(49)56-39(7)25-34(2)26-40(56)8)32-54-61-47-17-19-48(20-18-47)62(61)66(58-43(11)29-36(4)30-44(58)12)67-65(54)64(53)57-41(9)27-35(3)28-42(57)10/h22-32,45-48H,13-21H2,1-12H3. The normalized spacial score (nSPS) is 20.6. The van der Waals surface area contributed by atoms with Crippen molar-refractivity contribution in [2.45, 2.75) is 153 Å². The van der Waals surface area contributed by atoms with Gasteiger partial charge in [0.05, 0.1) is 11.2 Å². The van der Waals surface area contributed by atoms with Gasteiger partial charge < -0.3 is 0 Å². The first-order valence-electron chi connectivity index (χ1n) is 25.9. The van der Waals surface area contributed by atoms with E-state index in [1.165, 1.54) is 196 Å². The summed E-state index contributed by atoms with van der Waals surface area (Å²) in [6, 6.07) is 24.9. The highest BCUT2D eigenvalue weighted by atomic mass is 14.7. The molecule has 0 saturated heterocycles. The topological polar surface area (TPSA) is 12.9 Å². The molecule has 1 aromatic heterocycles. The van der Waals surface area contributed by atoms with Crippen LogP contribution in [0.25, 0.3) is 66.3 Å². The predicted octanol–water partition coefficient (Wildman–Crippen LogP) is 18.1. The lowest BCUT2D eigenvalue weighted by molar-refractivity contribution is 0.331. The maximum Gasteiger partial charge on any atom is 0.0797 e. The van der Waals surface area contributed by atoms with Gasteiger partial charge >= 0.3 is 0 Å². The number of pyridine rings is 1. The Morgan fingerprint density at radius 3 is 1.27 bits per heavy atom. The van der Waals surface area contributed by atoms with E-state index in [0.29, 0.717) is 23.7 Å². The highest BCUT2D eigenvalue weighted by Crippen LogP contribution is 2.60. The zero-order chi connectivity index (χ0) is 46.5. The van der Waals surface area contributed by atoms with E-state index >= 15 is 0 Å². The third kappa shape index (κ3) is 6.42. The molecule has 7 aliphatic rings. The monoisotopic (exact) mass is 876 g/mol. The number of hydrogen-bond acceptors (Lipinski definition) is 1. The first-order chi connectivity index (χ1) is 32.2. The van der Waals surface area contributed by atoms with Gasteiger partial charge in [-0.05, 0) is 293 Å². The van der Waals surface area contributed by atoms with Crippen LogP contribution in [-0.4, -0.2) is 4.98 Å². The average molecular weight is 876 g/mol. The van der Waals surface area contributed by atoms with Crippen molar-refractivity contribution < 1.29 is 0 Å². The zero-order valence-electron chi connectivity index (χ0n) is 42.5. The smallest absolute Gasteiger partial charge is 0.0797 e. The Bertz CT molecular complexity index is 3310. The van der Waals surface area contributed by atoms with Crippen LogP contribution in [0, 0.1) is 94.9 Å². The van der Waals surface area contributed by atoms with E-state index in [1.807, 2.05) is 0 Å². The third-order valence-corrected chi connectivity index (χ3v) is 17.8. The molecule has 6 aromatic carbocycles. The molecule has 4 bridgehead atoms. The van der Waals surface area contributed by atoms with Crippen molar-refractivity contribution in [1.29, 1.82) is 0 Å². The van der Waals surface area contributed by atoms with Crippen molar-refractivity contribution in [2.75, 3.05) is 0 Å². The molecule has 0 radical (unpaired) electrons. The number of hydrogen-bond donors (Lipinski definition) is 0. The molecule has 67 heavy (non-hydrogen) atoms. The van der Waals surface area contributed by atoms with Crippen molar-refractivity contribution >= 4 is 32.8 Å². The highest BCUT2D eigenvalue weighted by molar-refractivity contribution is 6.19. The maximum absolute atomic E-state index is 6.22. The SMILES string of the molecule is Cc1cc(C)c(C2=CCc3c(cc4c(-c5c(C)cc(C)cc5C)c5nc(-c6c(C)cc(C)cc6C)c6c(c5cc4c3-c3c(C)cc(C)cc3C)C3CCC6CC3)C3=C2C2CCC3CC2)c(C)c1. The molecule has 1 heteroatoms. The maximum atomic E-state index is 6.22. The summed E-state index contributed by atoms with van der Waals surface area (Å²) in [6.07, 6.45) is 13.9. The highest BCUT2D eigenvalue weighted by Gasteiger charge is 2.42. The molecule has 0 atom stereocenters. The van der Waals surface area contributed by atoms with Gasteiger partial charge in [-0.2, -0.15) is 0 Å². The minimum Gasteiger partial charge on any atom is -0.247 e. The Morgan fingerprint density at radius 2 is 0.761 bits per heavy atom. The van der Waals surface area contributed by atoms with Crippen molar-refractivity contribution in [3.63, 3.8) is 0 Å². The Balaban J connectivity index is 1.32. The van der Waals surface area contributed by atoms with Gasteiger partial charge in [0.25, 0.3) is 0 Å². The molecule has 1 heterocycles. The molecule has 0 unspecified atom stereocenters. The van der Waals surface area contributed by atoms with E-state index in [4.69, 9.17) is 4.98 Å². The van der Waals surface area contributed by atoms with Gasteiger partial charge in [0.15, 0.2) is 0 Å². The molecule has 1 nitrogen and oxygen atoms in total. The first kappa shape index (κ1) is 42.8. The second kappa shape index (κ2) is 15.5. The van der Waals surface area contributed by atoms with Crippen molar-refractivity contribution in [3.05, 3.63) is 167 Å². The van der Waals surface area contributed by atoms with E-state index < -0.39 is 0 Å². The molecule has 338 valence electrons. The zero-order valence-corrected chi connectivity index (χ0v) is 42.5. The van der Waals surface area contributed by atoms with Crippen LogP contribution in [0.5, 0.6) is 0 Å². The minimum absolute atomic E-state index is 0.546. The van der Waals surface area contributed by atoms with E-state index in [2.05, 4.69) is 150 Å². The van der Waals surface area contributed by atoms with E-state index in [1.54, 1.807) is 22.3 Å². The summed E-state index contributed by atoms with van der Waals surface area (Å²) in [5.74, 6) is 2.24. The van der Waals surface area contributed by atoms with Crippen LogP contribution >= 0.6 is 0 Å². The molecule has 14 rings (SSSR count). The Labute approximate surface area is 400 Å². The van der Waals surface area contributed by atoms with Crippen LogP contribution in [0.2, 0.25) is 0 Å². The minimum atomic E-state index is 0.546. The summed E-state index contributed by atoms with van der Waals surface area (Å²) < 4.78 is 0. The summed E-state index contributed by atoms with van der Waals surface area (Å²) in [4.78, 5) is 6.22. The van der Waals surface area contributed by atoms with Crippen molar-refractivity contribution in [2.24, 2.45) is 11.8 Å². The lowest BCUT2D eigenvalue weighted by Gasteiger charge is -2.42. The number of fused-ring (bicyclic) bond motifs is 7.